The summed E-state index contributed by atoms with van der Waals surface area (Å²) in [7, 11) is 1.57. The van der Waals surface area contributed by atoms with Gasteiger partial charge in [0.1, 0.15) is 11.8 Å². The number of ether oxygens (including phenoxy) is 1. The van der Waals surface area contributed by atoms with Crippen LogP contribution in [0.5, 0.6) is 5.75 Å². The van der Waals surface area contributed by atoms with E-state index in [2.05, 4.69) is 10.6 Å². The minimum Gasteiger partial charge on any atom is -0.497 e. The Morgan fingerprint density at radius 1 is 1.26 bits per heavy atom. The van der Waals surface area contributed by atoms with Crippen molar-refractivity contribution in [3.63, 3.8) is 0 Å². The number of rotatable bonds is 3. The third kappa shape index (κ3) is 3.76. The molecule has 0 amide bonds. The number of hydrogen-bond acceptors (Lipinski definition) is 3. The van der Waals surface area contributed by atoms with Crippen molar-refractivity contribution in [3.8, 4) is 5.75 Å². The average Bonchev–Trinajstić information content (AvgIpc) is 2.39. The zero-order valence-electron chi connectivity index (χ0n) is 10.6. The van der Waals surface area contributed by atoms with Crippen molar-refractivity contribution >= 4 is 5.69 Å². The molecular weight excluding hydrogens is 257 g/mol. The van der Waals surface area contributed by atoms with Gasteiger partial charge >= 0.3 is 6.18 Å². The number of benzene rings is 1. The van der Waals surface area contributed by atoms with E-state index in [0.29, 0.717) is 13.0 Å². The van der Waals surface area contributed by atoms with Gasteiger partial charge in [-0.25, -0.2) is 0 Å². The Bertz CT molecular complexity index is 405. The maximum Gasteiger partial charge on any atom is 0.403 e. The van der Waals surface area contributed by atoms with Gasteiger partial charge in [-0.05, 0) is 43.7 Å². The van der Waals surface area contributed by atoms with E-state index in [0.717, 1.165) is 11.4 Å². The van der Waals surface area contributed by atoms with Crippen molar-refractivity contribution in [1.29, 1.82) is 0 Å². The van der Waals surface area contributed by atoms with Gasteiger partial charge in [0.2, 0.25) is 0 Å². The predicted octanol–water partition coefficient (Wildman–Crippen LogP) is 2.79. The molecule has 0 saturated carbocycles. The molecule has 106 valence electrons. The summed E-state index contributed by atoms with van der Waals surface area (Å²) in [6.45, 7) is 0.373. The number of piperidine rings is 1. The molecule has 6 heteroatoms. The van der Waals surface area contributed by atoms with Crippen LogP contribution in [0.25, 0.3) is 0 Å². The van der Waals surface area contributed by atoms with E-state index in [4.69, 9.17) is 4.74 Å². The third-order valence-electron chi connectivity index (χ3n) is 3.26. The summed E-state index contributed by atoms with van der Waals surface area (Å²) in [5.41, 5.74) is 0.814. The van der Waals surface area contributed by atoms with Crippen LogP contribution >= 0.6 is 0 Å². The monoisotopic (exact) mass is 274 g/mol. The lowest BCUT2D eigenvalue weighted by Gasteiger charge is -2.32. The molecule has 2 N–H and O–H groups in total. The van der Waals surface area contributed by atoms with Gasteiger partial charge in [0.15, 0.2) is 0 Å². The highest BCUT2D eigenvalue weighted by Crippen LogP contribution is 2.27. The summed E-state index contributed by atoms with van der Waals surface area (Å²) in [5.74, 6) is 0.726. The molecule has 0 bridgehead atoms. The SMILES string of the molecule is COc1ccc(N[C@H]2CCN[C@@H](C(F)(F)F)C2)cc1. The highest BCUT2D eigenvalue weighted by atomic mass is 19.4. The summed E-state index contributed by atoms with van der Waals surface area (Å²) in [5, 5.41) is 5.65. The first kappa shape index (κ1) is 14.0. The fourth-order valence-electron chi connectivity index (χ4n) is 2.22. The van der Waals surface area contributed by atoms with Gasteiger partial charge in [-0.15, -0.1) is 0 Å². The Hall–Kier alpha value is -1.43. The van der Waals surface area contributed by atoms with E-state index in [1.807, 2.05) is 12.1 Å². The van der Waals surface area contributed by atoms with Crippen LogP contribution in [0.2, 0.25) is 0 Å². The molecule has 1 aromatic rings. The minimum absolute atomic E-state index is 0.0511. The molecule has 0 aliphatic carbocycles. The van der Waals surface area contributed by atoms with E-state index in [9.17, 15) is 13.2 Å². The molecule has 1 fully saturated rings. The van der Waals surface area contributed by atoms with Gasteiger partial charge < -0.3 is 15.4 Å². The van der Waals surface area contributed by atoms with Crippen molar-refractivity contribution in [2.24, 2.45) is 0 Å². The number of anilines is 1. The van der Waals surface area contributed by atoms with Crippen molar-refractivity contribution in [2.75, 3.05) is 19.0 Å². The summed E-state index contributed by atoms with van der Waals surface area (Å²) in [6, 6.07) is 5.60. The lowest BCUT2D eigenvalue weighted by molar-refractivity contribution is -0.160. The second-order valence-electron chi connectivity index (χ2n) is 4.64. The van der Waals surface area contributed by atoms with Crippen LogP contribution in [-0.4, -0.2) is 31.9 Å². The van der Waals surface area contributed by atoms with Gasteiger partial charge in [0.05, 0.1) is 7.11 Å². The first-order valence-corrected chi connectivity index (χ1v) is 6.20. The van der Waals surface area contributed by atoms with E-state index in [1.54, 1.807) is 19.2 Å². The Kier molecular flexibility index (Phi) is 4.19. The molecule has 0 spiro atoms. The van der Waals surface area contributed by atoms with Crippen LogP contribution < -0.4 is 15.4 Å². The third-order valence-corrected chi connectivity index (χ3v) is 3.26. The minimum atomic E-state index is -4.18. The highest BCUT2D eigenvalue weighted by Gasteiger charge is 2.42. The van der Waals surface area contributed by atoms with Crippen LogP contribution in [0.3, 0.4) is 0 Å². The fourth-order valence-corrected chi connectivity index (χ4v) is 2.22. The number of halogens is 3. The second-order valence-corrected chi connectivity index (χ2v) is 4.64. The molecular formula is C13H17F3N2O. The number of methoxy groups -OCH3 is 1. The Morgan fingerprint density at radius 2 is 1.95 bits per heavy atom. The quantitative estimate of drug-likeness (QED) is 0.889. The largest absolute Gasteiger partial charge is 0.497 e. The van der Waals surface area contributed by atoms with Gasteiger partial charge in [-0.2, -0.15) is 13.2 Å². The number of alkyl halides is 3. The predicted molar refractivity (Wildman–Crippen MR) is 67.5 cm³/mol. The first-order chi connectivity index (χ1) is 8.99. The normalized spacial score (nSPS) is 24.0. The fraction of sp³-hybridized carbons (Fsp3) is 0.538. The first-order valence-electron chi connectivity index (χ1n) is 6.20. The summed E-state index contributed by atoms with van der Waals surface area (Å²) < 4.78 is 43.0. The molecule has 1 aromatic carbocycles. The Morgan fingerprint density at radius 3 is 2.53 bits per heavy atom. The maximum atomic E-state index is 12.6. The van der Waals surface area contributed by atoms with E-state index in [-0.39, 0.29) is 12.5 Å². The molecule has 3 nitrogen and oxygen atoms in total. The zero-order chi connectivity index (χ0) is 13.9. The van der Waals surface area contributed by atoms with Crippen LogP contribution in [0.15, 0.2) is 24.3 Å². The zero-order valence-corrected chi connectivity index (χ0v) is 10.6. The smallest absolute Gasteiger partial charge is 0.403 e. The van der Waals surface area contributed by atoms with Gasteiger partial charge in [0, 0.05) is 11.7 Å². The summed E-state index contributed by atoms with van der Waals surface area (Å²) >= 11 is 0. The van der Waals surface area contributed by atoms with Gasteiger partial charge in [0.25, 0.3) is 0 Å². The van der Waals surface area contributed by atoms with Crippen LogP contribution in [0, 0.1) is 0 Å². The van der Waals surface area contributed by atoms with Gasteiger partial charge in [-0.1, -0.05) is 0 Å². The van der Waals surface area contributed by atoms with Crippen molar-refractivity contribution in [3.05, 3.63) is 24.3 Å². The van der Waals surface area contributed by atoms with Gasteiger partial charge in [-0.3, -0.25) is 0 Å². The molecule has 1 aliphatic heterocycles. The molecule has 1 heterocycles. The van der Waals surface area contributed by atoms with Crippen LogP contribution in [0.1, 0.15) is 12.8 Å². The van der Waals surface area contributed by atoms with Crippen molar-refractivity contribution in [1.82, 2.24) is 5.32 Å². The molecule has 2 atom stereocenters. The lowest BCUT2D eigenvalue weighted by Crippen LogP contribution is -2.50. The molecule has 19 heavy (non-hydrogen) atoms. The molecule has 0 radical (unpaired) electrons. The summed E-state index contributed by atoms with van der Waals surface area (Å²) in [4.78, 5) is 0. The van der Waals surface area contributed by atoms with E-state index < -0.39 is 12.2 Å². The molecule has 0 unspecified atom stereocenters. The molecule has 0 aromatic heterocycles. The second kappa shape index (κ2) is 5.69. The topological polar surface area (TPSA) is 33.3 Å². The Balaban J connectivity index is 1.94. The maximum absolute atomic E-state index is 12.6. The summed E-state index contributed by atoms with van der Waals surface area (Å²) in [6.07, 6.45) is -3.45. The Labute approximate surface area is 110 Å². The van der Waals surface area contributed by atoms with Crippen LogP contribution in [0.4, 0.5) is 18.9 Å². The number of nitrogens with one attached hydrogen (secondary N) is 2. The highest BCUT2D eigenvalue weighted by molar-refractivity contribution is 5.47. The van der Waals surface area contributed by atoms with E-state index >= 15 is 0 Å². The van der Waals surface area contributed by atoms with E-state index in [1.165, 1.54) is 0 Å². The van der Waals surface area contributed by atoms with Crippen LogP contribution in [-0.2, 0) is 0 Å². The molecule has 1 saturated heterocycles. The standard InChI is InChI=1S/C13H17F3N2O/c1-19-11-4-2-9(3-5-11)18-10-6-7-17-12(8-10)13(14,15)16/h2-5,10,12,17-18H,6-8H2,1H3/t10-,12+/m0/s1. The lowest BCUT2D eigenvalue weighted by atomic mass is 9.98. The van der Waals surface area contributed by atoms with Crippen molar-refractivity contribution in [2.45, 2.75) is 31.1 Å². The molecule has 2 rings (SSSR count). The average molecular weight is 274 g/mol. The number of hydrogen-bond donors (Lipinski definition) is 2. The molecule has 1 aliphatic rings. The van der Waals surface area contributed by atoms with Crippen molar-refractivity contribution < 1.29 is 17.9 Å².